The molecular weight excluding hydrogens is 280 g/mol. The zero-order chi connectivity index (χ0) is 16.8. The zero-order valence-corrected chi connectivity index (χ0v) is 15.7. The minimum Gasteiger partial charge on any atom is -0.342 e. The number of hydrogen-bond acceptors (Lipinski definition) is 1. The number of imidazole rings is 1. The van der Waals surface area contributed by atoms with Crippen LogP contribution in [-0.4, -0.2) is 9.97 Å². The zero-order valence-electron chi connectivity index (χ0n) is 15.7. The molecule has 1 N–H and O–H groups in total. The summed E-state index contributed by atoms with van der Waals surface area (Å²) in [6.07, 6.45) is 5.16. The smallest absolute Gasteiger partial charge is 0.107 e. The molecule has 0 amide bonds. The van der Waals surface area contributed by atoms with Crippen LogP contribution in [0, 0.1) is 17.3 Å². The van der Waals surface area contributed by atoms with Crippen LogP contribution in [0.2, 0.25) is 0 Å². The van der Waals surface area contributed by atoms with Crippen LogP contribution in [0.25, 0.3) is 11.0 Å². The minimum atomic E-state index is 0.188. The number of aromatic nitrogens is 2. The van der Waals surface area contributed by atoms with E-state index in [0.29, 0.717) is 5.41 Å². The highest BCUT2D eigenvalue weighted by atomic mass is 14.9. The molecule has 1 fully saturated rings. The number of aromatic amines is 1. The molecule has 0 atom stereocenters. The van der Waals surface area contributed by atoms with E-state index in [4.69, 9.17) is 4.98 Å². The van der Waals surface area contributed by atoms with Crippen LogP contribution < -0.4 is 0 Å². The van der Waals surface area contributed by atoms with Gasteiger partial charge in [0, 0.05) is 6.42 Å². The first-order chi connectivity index (χ1) is 10.6. The molecule has 126 valence electrons. The average molecular weight is 313 g/mol. The van der Waals surface area contributed by atoms with Gasteiger partial charge in [-0.15, -0.1) is 0 Å². The summed E-state index contributed by atoms with van der Waals surface area (Å²) in [5, 5.41) is 0. The van der Waals surface area contributed by atoms with Crippen LogP contribution in [-0.2, 0) is 11.8 Å². The number of aryl methyl sites for hydroxylation is 1. The molecule has 1 aromatic heterocycles. The van der Waals surface area contributed by atoms with Crippen LogP contribution in [0.1, 0.15) is 72.2 Å². The number of nitrogens with zero attached hydrogens (tertiary/aromatic N) is 1. The number of fused-ring (bicyclic) bond motifs is 1. The van der Waals surface area contributed by atoms with Crippen LogP contribution in [0.4, 0.5) is 0 Å². The largest absolute Gasteiger partial charge is 0.342 e. The number of nitrogens with one attached hydrogen (secondary N) is 1. The molecule has 0 bridgehead atoms. The van der Waals surface area contributed by atoms with E-state index in [2.05, 4.69) is 64.7 Å². The lowest BCUT2D eigenvalue weighted by Gasteiger charge is -2.43. The van der Waals surface area contributed by atoms with E-state index in [-0.39, 0.29) is 5.41 Å². The van der Waals surface area contributed by atoms with E-state index in [0.717, 1.165) is 29.6 Å². The third-order valence-electron chi connectivity index (χ3n) is 5.65. The molecule has 0 spiro atoms. The molecule has 1 aliphatic carbocycles. The molecule has 23 heavy (non-hydrogen) atoms. The van der Waals surface area contributed by atoms with Gasteiger partial charge in [-0.1, -0.05) is 47.6 Å². The van der Waals surface area contributed by atoms with Gasteiger partial charge in [-0.25, -0.2) is 4.98 Å². The van der Waals surface area contributed by atoms with E-state index in [1.54, 1.807) is 0 Å². The lowest BCUT2D eigenvalue weighted by atomic mass is 9.62. The standard InChI is InChI=1S/C21H32N2/c1-20(2,3)15-8-9-17-18(13-15)23-19(22-17)10-7-14-11-16(12-14)21(4,5)6/h8-9,13-14,16H,7,10-12H2,1-6H3,(H,22,23). The summed E-state index contributed by atoms with van der Waals surface area (Å²) >= 11 is 0. The molecule has 2 heteroatoms. The Morgan fingerprint density at radius 1 is 1.09 bits per heavy atom. The summed E-state index contributed by atoms with van der Waals surface area (Å²) in [5.74, 6) is 2.97. The maximum atomic E-state index is 4.78. The Morgan fingerprint density at radius 2 is 1.78 bits per heavy atom. The van der Waals surface area contributed by atoms with E-state index in [9.17, 15) is 0 Å². The summed E-state index contributed by atoms with van der Waals surface area (Å²) in [5.41, 5.74) is 4.34. The highest BCUT2D eigenvalue weighted by Gasteiger charge is 2.36. The van der Waals surface area contributed by atoms with E-state index in [1.807, 2.05) is 0 Å². The first-order valence-electron chi connectivity index (χ1n) is 9.12. The Labute approximate surface area is 141 Å². The second-order valence-electron chi connectivity index (χ2n) is 9.60. The fourth-order valence-corrected chi connectivity index (χ4v) is 3.67. The Bertz CT molecular complexity index is 676. The van der Waals surface area contributed by atoms with Crippen molar-refractivity contribution < 1.29 is 0 Å². The Morgan fingerprint density at radius 3 is 2.39 bits per heavy atom. The molecule has 0 aliphatic heterocycles. The quantitative estimate of drug-likeness (QED) is 0.755. The molecule has 2 aromatic rings. The van der Waals surface area contributed by atoms with Crippen LogP contribution in [0.15, 0.2) is 18.2 Å². The summed E-state index contributed by atoms with van der Waals surface area (Å²) in [6.45, 7) is 13.9. The van der Waals surface area contributed by atoms with Crippen molar-refractivity contribution in [2.75, 3.05) is 0 Å². The van der Waals surface area contributed by atoms with Crippen molar-refractivity contribution in [3.8, 4) is 0 Å². The number of benzene rings is 1. The van der Waals surface area contributed by atoms with Crippen LogP contribution in [0.5, 0.6) is 0 Å². The molecule has 2 nitrogen and oxygen atoms in total. The van der Waals surface area contributed by atoms with Crippen molar-refractivity contribution >= 4 is 11.0 Å². The number of hydrogen-bond donors (Lipinski definition) is 1. The lowest BCUT2D eigenvalue weighted by Crippen LogP contribution is -2.34. The van der Waals surface area contributed by atoms with Crippen molar-refractivity contribution in [2.24, 2.45) is 17.3 Å². The first kappa shape index (κ1) is 16.5. The Hall–Kier alpha value is -1.31. The van der Waals surface area contributed by atoms with E-state index < -0.39 is 0 Å². The summed E-state index contributed by atoms with van der Waals surface area (Å²) in [7, 11) is 0. The van der Waals surface area contributed by atoms with Gasteiger partial charge in [-0.05, 0) is 59.6 Å². The van der Waals surface area contributed by atoms with Crippen molar-refractivity contribution in [3.63, 3.8) is 0 Å². The maximum absolute atomic E-state index is 4.78. The molecule has 1 saturated carbocycles. The van der Waals surface area contributed by atoms with Gasteiger partial charge < -0.3 is 4.98 Å². The van der Waals surface area contributed by atoms with E-state index >= 15 is 0 Å². The predicted molar refractivity (Wildman–Crippen MR) is 98.8 cm³/mol. The topological polar surface area (TPSA) is 28.7 Å². The SMILES string of the molecule is CC(C)(C)c1ccc2nc(CCC3CC(C(C)(C)C)C3)[nH]c2c1. The van der Waals surface area contributed by atoms with Gasteiger partial charge in [0.25, 0.3) is 0 Å². The normalized spacial score (nSPS) is 22.3. The number of H-pyrrole nitrogens is 1. The monoisotopic (exact) mass is 312 g/mol. The highest BCUT2D eigenvalue weighted by molar-refractivity contribution is 5.76. The maximum Gasteiger partial charge on any atom is 0.107 e. The average Bonchev–Trinajstić information content (AvgIpc) is 2.75. The molecular formula is C21H32N2. The molecule has 0 unspecified atom stereocenters. The second kappa shape index (κ2) is 5.65. The third-order valence-corrected chi connectivity index (χ3v) is 5.65. The van der Waals surface area contributed by atoms with Crippen LogP contribution >= 0.6 is 0 Å². The van der Waals surface area contributed by atoms with Gasteiger partial charge in [0.05, 0.1) is 11.0 Å². The second-order valence-corrected chi connectivity index (χ2v) is 9.60. The molecule has 1 aromatic carbocycles. The summed E-state index contributed by atoms with van der Waals surface area (Å²) < 4.78 is 0. The lowest BCUT2D eigenvalue weighted by molar-refractivity contribution is 0.0710. The first-order valence-corrected chi connectivity index (χ1v) is 9.12. The molecule has 1 heterocycles. The van der Waals surface area contributed by atoms with Gasteiger partial charge in [0.2, 0.25) is 0 Å². The van der Waals surface area contributed by atoms with Gasteiger partial charge >= 0.3 is 0 Å². The fourth-order valence-electron chi connectivity index (χ4n) is 3.67. The summed E-state index contributed by atoms with van der Waals surface area (Å²) in [6, 6.07) is 6.65. The van der Waals surface area contributed by atoms with Crippen molar-refractivity contribution in [1.82, 2.24) is 9.97 Å². The van der Waals surface area contributed by atoms with E-state index in [1.165, 1.54) is 30.3 Å². The van der Waals surface area contributed by atoms with Gasteiger partial charge in [-0.3, -0.25) is 0 Å². The molecule has 3 rings (SSSR count). The molecule has 0 saturated heterocycles. The third kappa shape index (κ3) is 3.62. The number of rotatable bonds is 3. The molecule has 1 aliphatic rings. The van der Waals surface area contributed by atoms with Gasteiger partial charge in [-0.2, -0.15) is 0 Å². The van der Waals surface area contributed by atoms with Crippen molar-refractivity contribution in [2.45, 2.75) is 72.6 Å². The molecule has 0 radical (unpaired) electrons. The predicted octanol–water partition coefficient (Wildman–Crippen LogP) is 5.87. The van der Waals surface area contributed by atoms with Crippen LogP contribution in [0.3, 0.4) is 0 Å². The van der Waals surface area contributed by atoms with Gasteiger partial charge in [0.1, 0.15) is 5.82 Å². The fraction of sp³-hybridized carbons (Fsp3) is 0.667. The minimum absolute atomic E-state index is 0.188. The Balaban J connectivity index is 1.61. The van der Waals surface area contributed by atoms with Crippen molar-refractivity contribution in [3.05, 3.63) is 29.6 Å². The van der Waals surface area contributed by atoms with Crippen molar-refractivity contribution in [1.29, 1.82) is 0 Å². The highest BCUT2D eigenvalue weighted by Crippen LogP contribution is 2.46. The Kier molecular flexibility index (Phi) is 4.06. The summed E-state index contributed by atoms with van der Waals surface area (Å²) in [4.78, 5) is 8.32. The van der Waals surface area contributed by atoms with Gasteiger partial charge in [0.15, 0.2) is 0 Å².